The van der Waals surface area contributed by atoms with E-state index in [9.17, 15) is 26.4 Å². The number of rotatable bonds is 6. The Labute approximate surface area is 177 Å². The van der Waals surface area contributed by atoms with Gasteiger partial charge in [0.15, 0.2) is 0 Å². The maximum atomic E-state index is 13.1. The van der Waals surface area contributed by atoms with Crippen molar-refractivity contribution in [3.05, 3.63) is 64.2 Å². The zero-order valence-electron chi connectivity index (χ0n) is 16.3. The van der Waals surface area contributed by atoms with Crippen molar-refractivity contribution < 1.29 is 26.4 Å². The van der Waals surface area contributed by atoms with E-state index >= 15 is 0 Å². The Morgan fingerprint density at radius 2 is 1.77 bits per heavy atom. The van der Waals surface area contributed by atoms with Crippen LogP contribution in [0.15, 0.2) is 47.6 Å². The molecule has 0 aromatic heterocycles. The molecule has 2 aromatic rings. The van der Waals surface area contributed by atoms with Crippen molar-refractivity contribution in [1.82, 2.24) is 5.43 Å². The Hall–Kier alpha value is -2.59. The number of halogens is 4. The van der Waals surface area contributed by atoms with Gasteiger partial charge in [-0.3, -0.25) is 9.10 Å². The van der Waals surface area contributed by atoms with Gasteiger partial charge in [-0.05, 0) is 37.6 Å². The molecule has 2 rings (SSSR count). The molecule has 0 saturated heterocycles. The number of aryl methyl sites for hydroxylation is 1. The smallest absolute Gasteiger partial charge is 0.271 e. The van der Waals surface area contributed by atoms with E-state index in [1.165, 1.54) is 0 Å². The average molecular weight is 462 g/mol. The first-order valence-electron chi connectivity index (χ1n) is 8.53. The van der Waals surface area contributed by atoms with Crippen LogP contribution >= 0.6 is 11.6 Å². The number of benzene rings is 2. The number of nitrogens with one attached hydrogen (secondary N) is 1. The molecule has 0 radical (unpaired) electrons. The van der Waals surface area contributed by atoms with Crippen molar-refractivity contribution in [2.45, 2.75) is 20.0 Å². The Kier molecular flexibility index (Phi) is 7.14. The Balaban J connectivity index is 2.24. The summed E-state index contributed by atoms with van der Waals surface area (Å²) >= 11 is 5.57. The fraction of sp³-hybridized carbons (Fsp3) is 0.263. The minimum absolute atomic E-state index is 0.344. The molecule has 0 bridgehead atoms. The zero-order valence-corrected chi connectivity index (χ0v) is 17.9. The maximum Gasteiger partial charge on any atom is 0.417 e. The SMILES string of the molecule is C/C(=N\NC(=O)CN(c1ccc(Cl)c(C(F)(F)F)c1)S(C)(=O)=O)c1ccc(C)cc1. The number of nitrogens with zero attached hydrogens (tertiary/aromatic N) is 2. The van der Waals surface area contributed by atoms with Crippen LogP contribution in [-0.2, 0) is 21.0 Å². The van der Waals surface area contributed by atoms with Crippen LogP contribution in [-0.4, -0.2) is 32.8 Å². The first-order valence-corrected chi connectivity index (χ1v) is 10.8. The van der Waals surface area contributed by atoms with E-state index in [4.69, 9.17) is 11.6 Å². The molecule has 1 N–H and O–H groups in total. The first-order chi connectivity index (χ1) is 13.8. The molecular formula is C19H19ClF3N3O3S. The van der Waals surface area contributed by atoms with E-state index in [1.54, 1.807) is 19.1 Å². The van der Waals surface area contributed by atoms with Gasteiger partial charge in [0.05, 0.1) is 28.2 Å². The summed E-state index contributed by atoms with van der Waals surface area (Å²) in [5.41, 5.74) is 2.93. The molecular weight excluding hydrogens is 443 g/mol. The molecule has 0 aliphatic carbocycles. The highest BCUT2D eigenvalue weighted by Crippen LogP contribution is 2.37. The molecule has 0 heterocycles. The van der Waals surface area contributed by atoms with E-state index < -0.39 is 39.2 Å². The van der Waals surface area contributed by atoms with E-state index in [1.807, 2.05) is 19.1 Å². The van der Waals surface area contributed by atoms with Gasteiger partial charge in [0, 0.05) is 0 Å². The van der Waals surface area contributed by atoms with Gasteiger partial charge in [-0.2, -0.15) is 18.3 Å². The van der Waals surface area contributed by atoms with Crippen molar-refractivity contribution in [1.29, 1.82) is 0 Å². The predicted octanol–water partition coefficient (Wildman–Crippen LogP) is 3.97. The summed E-state index contributed by atoms with van der Waals surface area (Å²) in [4.78, 5) is 12.2. The molecule has 0 unspecified atom stereocenters. The molecule has 2 aromatic carbocycles. The van der Waals surface area contributed by atoms with Crippen LogP contribution in [0.25, 0.3) is 0 Å². The van der Waals surface area contributed by atoms with Crippen molar-refractivity contribution in [3.8, 4) is 0 Å². The molecule has 0 fully saturated rings. The van der Waals surface area contributed by atoms with Crippen molar-refractivity contribution in [3.63, 3.8) is 0 Å². The van der Waals surface area contributed by atoms with Crippen LogP contribution in [0, 0.1) is 6.92 Å². The van der Waals surface area contributed by atoms with Crippen LogP contribution < -0.4 is 9.73 Å². The Bertz CT molecular complexity index is 1070. The summed E-state index contributed by atoms with van der Waals surface area (Å²) in [6.07, 6.45) is -4.00. The number of hydrogen-bond acceptors (Lipinski definition) is 4. The lowest BCUT2D eigenvalue weighted by Gasteiger charge is -2.22. The normalized spacial score (nSPS) is 12.6. The van der Waals surface area contributed by atoms with Crippen LogP contribution in [0.4, 0.5) is 18.9 Å². The summed E-state index contributed by atoms with van der Waals surface area (Å²) in [6, 6.07) is 9.92. The number of amides is 1. The predicted molar refractivity (Wildman–Crippen MR) is 110 cm³/mol. The highest BCUT2D eigenvalue weighted by atomic mass is 35.5. The molecule has 30 heavy (non-hydrogen) atoms. The van der Waals surface area contributed by atoms with Crippen LogP contribution in [0.1, 0.15) is 23.6 Å². The molecule has 0 spiro atoms. The number of hydrazone groups is 1. The summed E-state index contributed by atoms with van der Waals surface area (Å²) in [5, 5.41) is 3.34. The van der Waals surface area contributed by atoms with Gasteiger partial charge in [0.1, 0.15) is 6.54 Å². The molecule has 6 nitrogen and oxygen atoms in total. The van der Waals surface area contributed by atoms with Crippen molar-refractivity contribution >= 4 is 38.9 Å². The second kappa shape index (κ2) is 9.05. The van der Waals surface area contributed by atoms with Crippen LogP contribution in [0.2, 0.25) is 5.02 Å². The fourth-order valence-electron chi connectivity index (χ4n) is 2.46. The molecule has 0 atom stereocenters. The molecule has 0 aliphatic rings. The van der Waals surface area contributed by atoms with Crippen LogP contribution in [0.5, 0.6) is 0 Å². The number of carbonyl (C=O) groups is 1. The Morgan fingerprint density at radius 3 is 2.30 bits per heavy atom. The topological polar surface area (TPSA) is 78.8 Å². The second-order valence-corrected chi connectivity index (χ2v) is 8.84. The molecule has 1 amide bonds. The van der Waals surface area contributed by atoms with Gasteiger partial charge >= 0.3 is 6.18 Å². The summed E-state index contributed by atoms with van der Waals surface area (Å²) in [7, 11) is -4.07. The minimum atomic E-state index is -4.78. The third kappa shape index (κ3) is 6.20. The summed E-state index contributed by atoms with van der Waals surface area (Å²) < 4.78 is 64.0. The highest BCUT2D eigenvalue weighted by molar-refractivity contribution is 7.92. The van der Waals surface area contributed by atoms with Gasteiger partial charge in [-0.25, -0.2) is 13.8 Å². The lowest BCUT2D eigenvalue weighted by Crippen LogP contribution is -2.39. The monoisotopic (exact) mass is 461 g/mol. The van der Waals surface area contributed by atoms with E-state index in [2.05, 4.69) is 10.5 Å². The van der Waals surface area contributed by atoms with Crippen molar-refractivity contribution in [2.24, 2.45) is 5.10 Å². The third-order valence-corrected chi connectivity index (χ3v) is 5.52. The lowest BCUT2D eigenvalue weighted by molar-refractivity contribution is -0.137. The standard InChI is InChI=1S/C19H19ClF3N3O3S/c1-12-4-6-14(7-5-12)13(2)24-25-18(27)11-26(30(3,28)29)15-8-9-17(20)16(10-15)19(21,22)23/h4-10H,11H2,1-3H3,(H,25,27)/b24-13+. The number of anilines is 1. The van der Waals surface area contributed by atoms with Gasteiger partial charge in [-0.1, -0.05) is 41.4 Å². The summed E-state index contributed by atoms with van der Waals surface area (Å²) in [5.74, 6) is -0.824. The van der Waals surface area contributed by atoms with Crippen LogP contribution in [0.3, 0.4) is 0 Å². The first kappa shape index (κ1) is 23.7. The van der Waals surface area contributed by atoms with E-state index in [0.29, 0.717) is 16.1 Å². The lowest BCUT2D eigenvalue weighted by atomic mass is 10.1. The van der Waals surface area contributed by atoms with E-state index in [-0.39, 0.29) is 5.69 Å². The molecule has 0 saturated carbocycles. The molecule has 0 aliphatic heterocycles. The number of hydrogen-bond donors (Lipinski definition) is 1. The quantitative estimate of drug-likeness (QED) is 0.522. The van der Waals surface area contributed by atoms with E-state index in [0.717, 1.165) is 29.5 Å². The zero-order chi connectivity index (χ0) is 22.7. The second-order valence-electron chi connectivity index (χ2n) is 6.53. The van der Waals surface area contributed by atoms with Crippen molar-refractivity contribution in [2.75, 3.05) is 17.1 Å². The van der Waals surface area contributed by atoms with Gasteiger partial charge in [0.25, 0.3) is 5.91 Å². The van der Waals surface area contributed by atoms with Gasteiger partial charge < -0.3 is 0 Å². The number of sulfonamides is 1. The number of carbonyl (C=O) groups excluding carboxylic acids is 1. The number of alkyl halides is 3. The molecule has 162 valence electrons. The average Bonchev–Trinajstić information content (AvgIpc) is 2.63. The fourth-order valence-corrected chi connectivity index (χ4v) is 3.53. The molecule has 11 heteroatoms. The maximum absolute atomic E-state index is 13.1. The minimum Gasteiger partial charge on any atom is -0.271 e. The summed E-state index contributed by atoms with van der Waals surface area (Å²) in [6.45, 7) is 2.80. The third-order valence-electron chi connectivity index (χ3n) is 4.05. The Morgan fingerprint density at radius 1 is 1.17 bits per heavy atom. The largest absolute Gasteiger partial charge is 0.417 e. The highest BCUT2D eigenvalue weighted by Gasteiger charge is 2.34. The van der Waals surface area contributed by atoms with Gasteiger partial charge in [-0.15, -0.1) is 0 Å². The van der Waals surface area contributed by atoms with Gasteiger partial charge in [0.2, 0.25) is 10.0 Å².